The molecule has 1 heterocycles. The smallest absolute Gasteiger partial charge is 0.480 e. The minimum Gasteiger partial charge on any atom is -0.480 e. The number of nitrogens with one attached hydrogen (secondary N) is 1. The predicted molar refractivity (Wildman–Crippen MR) is 165 cm³/mol. The number of aliphatic carboxylic acids is 7. The highest BCUT2D eigenvalue weighted by Gasteiger charge is 2.40. The molecule has 346 valence electrons. The fourth-order valence-corrected chi connectivity index (χ4v) is 3.26. The second-order valence-corrected chi connectivity index (χ2v) is 10.6. The molecule has 1 saturated heterocycles. The van der Waals surface area contributed by atoms with Gasteiger partial charge in [-0.3, -0.25) is 38.8 Å². The largest absolute Gasteiger partial charge is 0.490 e. The van der Waals surface area contributed by atoms with Gasteiger partial charge in [0.05, 0.1) is 26.2 Å². The number of halogens is 12. The van der Waals surface area contributed by atoms with E-state index in [2.05, 4.69) is 5.32 Å². The van der Waals surface area contributed by atoms with E-state index >= 15 is 0 Å². The number of alkyl halides is 12. The molecule has 1 rings (SSSR count). The third-order valence-electron chi connectivity index (χ3n) is 5.81. The van der Waals surface area contributed by atoms with Gasteiger partial charge < -0.3 is 46.8 Å². The van der Waals surface area contributed by atoms with E-state index in [9.17, 15) is 82.1 Å². The molecule has 21 nitrogen and oxygen atoms in total. The number of nitrogens with zero attached hydrogens (tertiary/aromatic N) is 4. The first-order chi connectivity index (χ1) is 26.5. The van der Waals surface area contributed by atoms with Crippen LogP contribution in [0.25, 0.3) is 0 Å². The van der Waals surface area contributed by atoms with Gasteiger partial charge in [-0.2, -0.15) is 52.7 Å². The molecular formula is C26H38F12N6O15. The van der Waals surface area contributed by atoms with Crippen LogP contribution in [0.4, 0.5) is 52.7 Å². The number of hydrogen-bond acceptors (Lipinski definition) is 13. The minimum absolute atomic E-state index is 0.0902. The zero-order valence-electron chi connectivity index (χ0n) is 29.7. The van der Waals surface area contributed by atoms with Crippen molar-refractivity contribution in [1.82, 2.24) is 24.9 Å². The van der Waals surface area contributed by atoms with E-state index in [1.54, 1.807) is 14.7 Å². The fraction of sp³-hybridized carbons (Fsp3) is 0.692. The molecule has 0 saturated carbocycles. The van der Waals surface area contributed by atoms with Gasteiger partial charge in [0, 0.05) is 65.4 Å². The Balaban J connectivity index is -0.000000431. The number of carboxylic acids is 7. The summed E-state index contributed by atoms with van der Waals surface area (Å²) in [6, 6.07) is 0. The first kappa shape index (κ1) is 60.4. The molecule has 1 aliphatic heterocycles. The lowest BCUT2D eigenvalue weighted by Gasteiger charge is -2.32. The van der Waals surface area contributed by atoms with Crippen LogP contribution in [0.2, 0.25) is 0 Å². The van der Waals surface area contributed by atoms with Crippen molar-refractivity contribution in [3.63, 3.8) is 0 Å². The number of nitrogens with two attached hydrogens (primary N) is 1. The van der Waals surface area contributed by atoms with Gasteiger partial charge >= 0.3 is 66.5 Å². The van der Waals surface area contributed by atoms with Crippen LogP contribution in [-0.4, -0.2) is 219 Å². The van der Waals surface area contributed by atoms with E-state index < -0.39 is 66.5 Å². The maximum absolute atomic E-state index is 12.1. The van der Waals surface area contributed by atoms with Gasteiger partial charge in [0.1, 0.15) is 0 Å². The number of rotatable bonds is 10. The van der Waals surface area contributed by atoms with E-state index in [4.69, 9.17) is 50.4 Å². The van der Waals surface area contributed by atoms with Crippen LogP contribution in [0.3, 0.4) is 0 Å². The van der Waals surface area contributed by atoms with E-state index in [0.717, 1.165) is 0 Å². The fourth-order valence-electron chi connectivity index (χ4n) is 3.26. The SMILES string of the molecule is NCCNC(=O)CN1CCN(CC(=O)O)CCN(CC(=O)O)CCN(CC(=O)O)CC1.O=C(O)C(F)(F)F.O=C(O)C(F)(F)F.O=C(O)C(F)(F)F.O=C(O)C(F)(F)F. The number of carbonyl (C=O) groups excluding carboxylic acids is 1. The molecule has 0 radical (unpaired) electrons. The number of carbonyl (C=O) groups is 8. The van der Waals surface area contributed by atoms with Gasteiger partial charge in [-0.05, 0) is 0 Å². The monoisotopic (exact) mass is 902 g/mol. The molecule has 0 aromatic carbocycles. The van der Waals surface area contributed by atoms with Crippen LogP contribution < -0.4 is 11.1 Å². The summed E-state index contributed by atoms with van der Waals surface area (Å²) in [4.78, 5) is 88.3. The van der Waals surface area contributed by atoms with Crippen molar-refractivity contribution in [2.45, 2.75) is 24.7 Å². The summed E-state index contributed by atoms with van der Waals surface area (Å²) in [5.74, 6) is -14.2. The standard InChI is InChI=1S/C18H34N6O7.4C2HF3O2/c19-1-2-20-15(25)11-21-3-5-22(12-16(26)27)7-9-24(14-18(30)31)10-8-23(6-4-21)13-17(28)29;4*3-2(4,5)1(6)7/h1-14,19H2,(H,20,25)(H,26,27)(H,28,29)(H,30,31);4*(H,6,7). The highest BCUT2D eigenvalue weighted by atomic mass is 19.4. The molecule has 1 aliphatic rings. The summed E-state index contributed by atoms with van der Waals surface area (Å²) in [6.45, 7) is 3.05. The first-order valence-corrected chi connectivity index (χ1v) is 15.2. The number of carboxylic acid groups (broad SMARTS) is 7. The van der Waals surface area contributed by atoms with Gasteiger partial charge in [-0.15, -0.1) is 0 Å². The molecule has 10 N–H and O–H groups in total. The Bertz CT molecular complexity index is 1220. The Hall–Kier alpha value is -5.28. The molecule has 1 amide bonds. The molecule has 0 aromatic rings. The zero-order chi connectivity index (χ0) is 47.5. The molecular weight excluding hydrogens is 864 g/mol. The lowest BCUT2D eigenvalue weighted by atomic mass is 10.3. The van der Waals surface area contributed by atoms with E-state index in [1.165, 1.54) is 0 Å². The predicted octanol–water partition coefficient (Wildman–Crippen LogP) is -0.930. The molecule has 0 bridgehead atoms. The van der Waals surface area contributed by atoms with Crippen LogP contribution >= 0.6 is 0 Å². The quantitative estimate of drug-likeness (QED) is 0.120. The molecule has 33 heteroatoms. The molecule has 0 unspecified atom stereocenters. The Morgan fingerprint density at radius 1 is 0.407 bits per heavy atom. The highest BCUT2D eigenvalue weighted by Crippen LogP contribution is 2.15. The Kier molecular flexibility index (Phi) is 29.7. The maximum atomic E-state index is 12.1. The van der Waals surface area contributed by atoms with Crippen LogP contribution in [0.1, 0.15) is 0 Å². The van der Waals surface area contributed by atoms with E-state index in [0.29, 0.717) is 65.4 Å². The number of hydrogen-bond donors (Lipinski definition) is 9. The minimum atomic E-state index is -5.08. The van der Waals surface area contributed by atoms with Crippen molar-refractivity contribution >= 4 is 47.7 Å². The first-order valence-electron chi connectivity index (χ1n) is 15.2. The molecule has 1 fully saturated rings. The lowest BCUT2D eigenvalue weighted by Crippen LogP contribution is -2.50. The van der Waals surface area contributed by atoms with Gasteiger partial charge in [-0.25, -0.2) is 19.2 Å². The summed E-state index contributed by atoms with van der Waals surface area (Å²) in [6.07, 6.45) is -20.3. The third kappa shape index (κ3) is 39.3. The summed E-state index contributed by atoms with van der Waals surface area (Å²) in [5, 5.41) is 58.7. The Morgan fingerprint density at radius 2 is 0.576 bits per heavy atom. The summed E-state index contributed by atoms with van der Waals surface area (Å²) >= 11 is 0. The van der Waals surface area contributed by atoms with Crippen molar-refractivity contribution in [2.24, 2.45) is 5.73 Å². The van der Waals surface area contributed by atoms with Gasteiger partial charge in [0.15, 0.2) is 0 Å². The molecule has 0 aromatic heterocycles. The average Bonchev–Trinajstić information content (AvgIpc) is 3.03. The molecule has 0 atom stereocenters. The van der Waals surface area contributed by atoms with Crippen molar-refractivity contribution < 1.29 is 127 Å². The van der Waals surface area contributed by atoms with Crippen molar-refractivity contribution in [3.05, 3.63) is 0 Å². The van der Waals surface area contributed by atoms with Crippen LogP contribution in [-0.2, 0) is 38.4 Å². The summed E-state index contributed by atoms with van der Waals surface area (Å²) < 4.78 is 127. The Morgan fingerprint density at radius 3 is 0.712 bits per heavy atom. The van der Waals surface area contributed by atoms with Crippen LogP contribution in [0.15, 0.2) is 0 Å². The van der Waals surface area contributed by atoms with Crippen molar-refractivity contribution in [2.75, 3.05) is 91.6 Å². The second kappa shape index (κ2) is 29.0. The van der Waals surface area contributed by atoms with Crippen LogP contribution in [0.5, 0.6) is 0 Å². The summed E-state index contributed by atoms with van der Waals surface area (Å²) in [7, 11) is 0. The summed E-state index contributed by atoms with van der Waals surface area (Å²) in [5.41, 5.74) is 5.40. The van der Waals surface area contributed by atoms with E-state index in [1.807, 2.05) is 4.90 Å². The van der Waals surface area contributed by atoms with Crippen LogP contribution in [0, 0.1) is 0 Å². The highest BCUT2D eigenvalue weighted by molar-refractivity contribution is 5.78. The molecule has 0 spiro atoms. The van der Waals surface area contributed by atoms with E-state index in [-0.39, 0.29) is 32.1 Å². The lowest BCUT2D eigenvalue weighted by molar-refractivity contribution is -0.193. The third-order valence-corrected chi connectivity index (χ3v) is 5.81. The van der Waals surface area contributed by atoms with Crippen molar-refractivity contribution in [3.8, 4) is 0 Å². The average molecular weight is 903 g/mol. The van der Waals surface area contributed by atoms with Crippen molar-refractivity contribution in [1.29, 1.82) is 0 Å². The normalized spacial score (nSPS) is 15.1. The topological polar surface area (TPSA) is 329 Å². The second-order valence-electron chi connectivity index (χ2n) is 10.6. The van der Waals surface area contributed by atoms with Gasteiger partial charge in [0.2, 0.25) is 5.91 Å². The molecule has 59 heavy (non-hydrogen) atoms. The zero-order valence-corrected chi connectivity index (χ0v) is 29.7. The van der Waals surface area contributed by atoms with Gasteiger partial charge in [-0.1, -0.05) is 0 Å². The van der Waals surface area contributed by atoms with Gasteiger partial charge in [0.25, 0.3) is 0 Å². The number of amides is 1. The maximum Gasteiger partial charge on any atom is 0.490 e. The Labute approximate surface area is 322 Å². The molecule has 0 aliphatic carbocycles.